The lowest BCUT2D eigenvalue weighted by Gasteiger charge is -2.39. The number of anilines is 1. The normalized spacial score (nSPS) is 16.4. The molecule has 2 aromatic carbocycles. The van der Waals surface area contributed by atoms with Crippen molar-refractivity contribution in [3.63, 3.8) is 0 Å². The minimum Gasteiger partial charge on any atom is -0.468 e. The summed E-state index contributed by atoms with van der Waals surface area (Å²) in [5.41, 5.74) is 1.73. The maximum Gasteiger partial charge on any atom is 0.215 e. The van der Waals surface area contributed by atoms with Crippen LogP contribution in [-0.4, -0.2) is 46.0 Å². The summed E-state index contributed by atoms with van der Waals surface area (Å²) in [6.07, 6.45) is 1.61. The van der Waals surface area contributed by atoms with Crippen LogP contribution in [0, 0.1) is 5.82 Å². The number of sulfonamides is 1. The molecule has 1 N–H and O–H groups in total. The first-order valence-corrected chi connectivity index (χ1v) is 11.9. The van der Waals surface area contributed by atoms with Crippen molar-refractivity contribution in [1.29, 1.82) is 0 Å². The Hall–Kier alpha value is -2.68. The van der Waals surface area contributed by atoms with Crippen LogP contribution in [0.5, 0.6) is 0 Å². The molecule has 0 bridgehead atoms. The molecular weight excluding hydrogens is 417 g/mol. The number of nitrogens with one attached hydrogen (secondary N) is 1. The fraction of sp³-hybridized carbons (Fsp3) is 0.304. The van der Waals surface area contributed by atoms with E-state index < -0.39 is 10.0 Å². The van der Waals surface area contributed by atoms with Gasteiger partial charge in [-0.1, -0.05) is 30.3 Å². The van der Waals surface area contributed by atoms with Crippen LogP contribution in [0.4, 0.5) is 10.1 Å². The van der Waals surface area contributed by atoms with E-state index in [4.69, 9.17) is 4.42 Å². The van der Waals surface area contributed by atoms with Crippen LogP contribution in [-0.2, 0) is 15.8 Å². The molecule has 31 heavy (non-hydrogen) atoms. The van der Waals surface area contributed by atoms with Gasteiger partial charge in [0.05, 0.1) is 18.1 Å². The number of hydrogen-bond donors (Lipinski definition) is 1. The van der Waals surface area contributed by atoms with Crippen LogP contribution in [0.25, 0.3) is 0 Å². The molecule has 0 saturated carbocycles. The fourth-order valence-electron chi connectivity index (χ4n) is 3.88. The van der Waals surface area contributed by atoms with Gasteiger partial charge in [-0.3, -0.25) is 4.90 Å². The third kappa shape index (κ3) is 5.72. The highest BCUT2D eigenvalue weighted by molar-refractivity contribution is 7.88. The Labute approximate surface area is 182 Å². The highest BCUT2D eigenvalue weighted by Crippen LogP contribution is 2.25. The van der Waals surface area contributed by atoms with Crippen LogP contribution < -0.4 is 9.62 Å². The van der Waals surface area contributed by atoms with Crippen LogP contribution in [0.1, 0.15) is 17.4 Å². The molecule has 4 rings (SSSR count). The van der Waals surface area contributed by atoms with E-state index in [0.717, 1.165) is 43.2 Å². The summed E-state index contributed by atoms with van der Waals surface area (Å²) in [6, 6.07) is 19.1. The zero-order valence-corrected chi connectivity index (χ0v) is 18.0. The highest BCUT2D eigenvalue weighted by atomic mass is 32.2. The number of benzene rings is 2. The van der Waals surface area contributed by atoms with Gasteiger partial charge in [-0.05, 0) is 42.0 Å². The number of piperazine rings is 1. The lowest BCUT2D eigenvalue weighted by molar-refractivity contribution is 0.166. The molecule has 0 aliphatic carbocycles. The zero-order chi connectivity index (χ0) is 21.7. The third-order valence-electron chi connectivity index (χ3n) is 5.51. The molecule has 0 spiro atoms. The molecule has 1 aliphatic rings. The third-order valence-corrected chi connectivity index (χ3v) is 6.83. The Morgan fingerprint density at radius 1 is 0.935 bits per heavy atom. The van der Waals surface area contributed by atoms with Crippen LogP contribution in [0.15, 0.2) is 77.4 Å². The minimum absolute atomic E-state index is 0.0585. The average Bonchev–Trinajstić information content (AvgIpc) is 3.30. The molecule has 2 heterocycles. The van der Waals surface area contributed by atoms with E-state index in [1.165, 1.54) is 12.1 Å². The zero-order valence-electron chi connectivity index (χ0n) is 17.2. The molecule has 164 valence electrons. The highest BCUT2D eigenvalue weighted by Gasteiger charge is 2.28. The molecular formula is C23H26FN3O3S. The summed E-state index contributed by atoms with van der Waals surface area (Å²) >= 11 is 0. The first-order valence-electron chi connectivity index (χ1n) is 10.3. The van der Waals surface area contributed by atoms with Crippen molar-refractivity contribution in [2.45, 2.75) is 11.8 Å². The number of nitrogens with zero attached hydrogens (tertiary/aromatic N) is 2. The van der Waals surface area contributed by atoms with Gasteiger partial charge < -0.3 is 9.32 Å². The van der Waals surface area contributed by atoms with E-state index in [1.807, 2.05) is 30.3 Å². The minimum atomic E-state index is -3.48. The van der Waals surface area contributed by atoms with Gasteiger partial charge in [-0.15, -0.1) is 0 Å². The molecule has 0 radical (unpaired) electrons. The largest absolute Gasteiger partial charge is 0.468 e. The van der Waals surface area contributed by atoms with Gasteiger partial charge in [0, 0.05) is 38.4 Å². The summed E-state index contributed by atoms with van der Waals surface area (Å²) in [5, 5.41) is 0. The Balaban J connectivity index is 1.40. The van der Waals surface area contributed by atoms with Crippen molar-refractivity contribution in [2.24, 2.45) is 0 Å². The Morgan fingerprint density at radius 2 is 1.65 bits per heavy atom. The molecule has 1 aromatic heterocycles. The van der Waals surface area contributed by atoms with Gasteiger partial charge in [0.15, 0.2) is 0 Å². The van der Waals surface area contributed by atoms with Crippen molar-refractivity contribution in [3.05, 3.63) is 90.1 Å². The number of furan rings is 1. The van der Waals surface area contributed by atoms with Crippen molar-refractivity contribution in [1.82, 2.24) is 9.62 Å². The van der Waals surface area contributed by atoms with Crippen molar-refractivity contribution in [3.8, 4) is 0 Å². The van der Waals surface area contributed by atoms with E-state index in [0.29, 0.717) is 0 Å². The standard InChI is InChI=1S/C23H26FN3O3S/c24-20-8-10-21(11-9-20)26-12-14-27(15-13-26)22(23-7-4-16-30-23)17-25-31(28,29)18-19-5-2-1-3-6-19/h1-11,16,22,25H,12-15,17-18H2. The molecule has 3 aromatic rings. The van der Waals surface area contributed by atoms with Gasteiger partial charge in [0.1, 0.15) is 11.6 Å². The Kier molecular flexibility index (Phi) is 6.70. The molecule has 1 saturated heterocycles. The predicted molar refractivity (Wildman–Crippen MR) is 119 cm³/mol. The van der Waals surface area contributed by atoms with Gasteiger partial charge in [0.25, 0.3) is 0 Å². The summed E-state index contributed by atoms with van der Waals surface area (Å²) in [4.78, 5) is 4.43. The summed E-state index contributed by atoms with van der Waals surface area (Å²) in [6.45, 7) is 3.24. The first kappa shape index (κ1) is 21.5. The van der Waals surface area contributed by atoms with Crippen LogP contribution in [0.2, 0.25) is 0 Å². The Bertz CT molecular complexity index is 1050. The second-order valence-electron chi connectivity index (χ2n) is 7.62. The maximum atomic E-state index is 13.2. The van der Waals surface area contributed by atoms with Gasteiger partial charge >= 0.3 is 0 Å². The molecule has 1 aliphatic heterocycles. The topological polar surface area (TPSA) is 65.8 Å². The smallest absolute Gasteiger partial charge is 0.215 e. The Morgan fingerprint density at radius 3 is 2.29 bits per heavy atom. The van der Waals surface area contributed by atoms with Crippen molar-refractivity contribution in [2.75, 3.05) is 37.6 Å². The molecule has 1 fully saturated rings. The second-order valence-corrected chi connectivity index (χ2v) is 9.43. The van der Waals surface area contributed by atoms with Gasteiger partial charge in [-0.25, -0.2) is 17.5 Å². The summed E-state index contributed by atoms with van der Waals surface area (Å²) in [5.74, 6) is 0.428. The molecule has 6 nitrogen and oxygen atoms in total. The molecule has 1 atom stereocenters. The van der Waals surface area contributed by atoms with E-state index in [2.05, 4.69) is 14.5 Å². The van der Waals surface area contributed by atoms with E-state index in [-0.39, 0.29) is 24.2 Å². The quantitative estimate of drug-likeness (QED) is 0.578. The summed E-state index contributed by atoms with van der Waals surface area (Å²) < 4.78 is 46.8. The lowest BCUT2D eigenvalue weighted by atomic mass is 10.1. The van der Waals surface area contributed by atoms with Crippen LogP contribution >= 0.6 is 0 Å². The van der Waals surface area contributed by atoms with Crippen molar-refractivity contribution < 1.29 is 17.2 Å². The van der Waals surface area contributed by atoms with Gasteiger partial charge in [0.2, 0.25) is 10.0 Å². The first-order chi connectivity index (χ1) is 15.0. The monoisotopic (exact) mass is 443 g/mol. The van der Waals surface area contributed by atoms with Crippen molar-refractivity contribution >= 4 is 15.7 Å². The van der Waals surface area contributed by atoms with E-state index in [9.17, 15) is 12.8 Å². The number of rotatable bonds is 8. The maximum absolute atomic E-state index is 13.2. The number of hydrogen-bond acceptors (Lipinski definition) is 5. The van der Waals surface area contributed by atoms with Gasteiger partial charge in [-0.2, -0.15) is 0 Å². The SMILES string of the molecule is O=S(=O)(Cc1ccccc1)NCC(c1ccco1)N1CCN(c2ccc(F)cc2)CC1. The fourth-order valence-corrected chi connectivity index (χ4v) is 5.03. The average molecular weight is 444 g/mol. The number of halogens is 1. The molecule has 0 amide bonds. The second kappa shape index (κ2) is 9.64. The summed E-state index contributed by atoms with van der Waals surface area (Å²) in [7, 11) is -3.48. The lowest BCUT2D eigenvalue weighted by Crippen LogP contribution is -2.49. The predicted octanol–water partition coefficient (Wildman–Crippen LogP) is 3.40. The van der Waals surface area contributed by atoms with E-state index in [1.54, 1.807) is 30.5 Å². The van der Waals surface area contributed by atoms with Crippen LogP contribution in [0.3, 0.4) is 0 Å². The van der Waals surface area contributed by atoms with E-state index >= 15 is 0 Å². The molecule has 1 unspecified atom stereocenters. The molecule has 8 heteroatoms.